The first-order valence-electron chi connectivity index (χ1n) is 10.5. The van der Waals surface area contributed by atoms with Crippen molar-refractivity contribution in [2.75, 3.05) is 12.8 Å². The van der Waals surface area contributed by atoms with Gasteiger partial charge in [-0.05, 0) is 41.5 Å². The van der Waals surface area contributed by atoms with Gasteiger partial charge in [-0.15, -0.1) is 0 Å². The van der Waals surface area contributed by atoms with Gasteiger partial charge in [0.1, 0.15) is 35.8 Å². The zero-order valence-corrected chi connectivity index (χ0v) is 18.5. The van der Waals surface area contributed by atoms with Crippen LogP contribution in [0.5, 0.6) is 11.5 Å². The summed E-state index contributed by atoms with van der Waals surface area (Å²) in [5.41, 5.74) is 9.18. The Morgan fingerprint density at radius 3 is 2.35 bits per heavy atom. The molecule has 0 saturated heterocycles. The van der Waals surface area contributed by atoms with Crippen molar-refractivity contribution in [1.82, 2.24) is 9.78 Å². The third-order valence-electron chi connectivity index (χ3n) is 5.15. The van der Waals surface area contributed by atoms with E-state index in [9.17, 15) is 10.5 Å². The molecule has 7 heteroatoms. The van der Waals surface area contributed by atoms with Crippen LogP contribution in [0.2, 0.25) is 0 Å². The second-order valence-corrected chi connectivity index (χ2v) is 7.32. The van der Waals surface area contributed by atoms with Crippen molar-refractivity contribution < 1.29 is 9.47 Å². The van der Waals surface area contributed by atoms with Crippen molar-refractivity contribution in [3.8, 4) is 29.3 Å². The van der Waals surface area contributed by atoms with Crippen molar-refractivity contribution in [2.45, 2.75) is 6.61 Å². The summed E-state index contributed by atoms with van der Waals surface area (Å²) in [6.07, 6.45) is 1.64. The SMILES string of the molecule is COc1cc(/C=C(\C#N)c2nn(-c3ccccc3)c(N)c2C#N)ccc1OCc1ccccc1. The van der Waals surface area contributed by atoms with Gasteiger partial charge in [0.25, 0.3) is 0 Å². The Labute approximate surface area is 197 Å². The van der Waals surface area contributed by atoms with E-state index < -0.39 is 0 Å². The van der Waals surface area contributed by atoms with Gasteiger partial charge in [-0.3, -0.25) is 0 Å². The van der Waals surface area contributed by atoms with Crippen molar-refractivity contribution in [3.05, 3.63) is 101 Å². The molecule has 0 radical (unpaired) electrons. The fraction of sp³-hybridized carbons (Fsp3) is 0.0741. The molecule has 0 atom stereocenters. The Morgan fingerprint density at radius 1 is 1.00 bits per heavy atom. The Morgan fingerprint density at radius 2 is 1.71 bits per heavy atom. The monoisotopic (exact) mass is 447 g/mol. The van der Waals surface area contributed by atoms with Gasteiger partial charge in [-0.25, -0.2) is 4.68 Å². The molecule has 3 aromatic carbocycles. The molecule has 0 unspecified atom stereocenters. The van der Waals surface area contributed by atoms with Crippen LogP contribution in [0, 0.1) is 22.7 Å². The van der Waals surface area contributed by atoms with Crippen LogP contribution in [0.3, 0.4) is 0 Å². The second-order valence-electron chi connectivity index (χ2n) is 7.32. The standard InChI is InChI=1S/C27H21N5O2/c1-33-25-15-20(12-13-24(25)34-18-19-8-4-2-5-9-19)14-21(16-28)26-23(17-29)27(30)32(31-26)22-10-6-3-7-11-22/h2-15H,18,30H2,1H3/b21-14+. The van der Waals surface area contributed by atoms with E-state index in [0.717, 1.165) is 5.56 Å². The van der Waals surface area contributed by atoms with E-state index in [0.29, 0.717) is 29.4 Å². The molecule has 4 aromatic rings. The molecule has 0 aliphatic carbocycles. The van der Waals surface area contributed by atoms with E-state index in [1.807, 2.05) is 66.7 Å². The minimum absolute atomic E-state index is 0.145. The average molecular weight is 447 g/mol. The summed E-state index contributed by atoms with van der Waals surface area (Å²) >= 11 is 0. The van der Waals surface area contributed by atoms with Crippen LogP contribution in [0.4, 0.5) is 5.82 Å². The lowest BCUT2D eigenvalue weighted by atomic mass is 10.1. The summed E-state index contributed by atoms with van der Waals surface area (Å²) in [6, 6.07) is 28.6. The molecule has 0 fully saturated rings. The van der Waals surface area contributed by atoms with Gasteiger partial charge in [-0.1, -0.05) is 54.6 Å². The summed E-state index contributed by atoms with van der Waals surface area (Å²) < 4.78 is 12.9. The van der Waals surface area contributed by atoms with E-state index in [1.165, 1.54) is 4.68 Å². The number of anilines is 1. The number of benzene rings is 3. The van der Waals surface area contributed by atoms with Crippen LogP contribution in [0.1, 0.15) is 22.4 Å². The molecule has 0 saturated carbocycles. The first kappa shape index (κ1) is 22.2. The molecule has 0 spiro atoms. The maximum absolute atomic E-state index is 9.85. The molecule has 0 amide bonds. The van der Waals surface area contributed by atoms with Gasteiger partial charge in [0.2, 0.25) is 0 Å². The lowest BCUT2D eigenvalue weighted by Crippen LogP contribution is -2.02. The number of ether oxygens (including phenoxy) is 2. The number of nitriles is 2. The van der Waals surface area contributed by atoms with E-state index in [2.05, 4.69) is 17.2 Å². The number of hydrogen-bond donors (Lipinski definition) is 1. The van der Waals surface area contributed by atoms with Crippen molar-refractivity contribution >= 4 is 17.5 Å². The van der Waals surface area contributed by atoms with Gasteiger partial charge in [-0.2, -0.15) is 15.6 Å². The summed E-state index contributed by atoms with van der Waals surface area (Å²) in [5, 5.41) is 24.0. The van der Waals surface area contributed by atoms with Crippen LogP contribution in [-0.2, 0) is 6.61 Å². The van der Waals surface area contributed by atoms with Crippen LogP contribution >= 0.6 is 0 Å². The van der Waals surface area contributed by atoms with Gasteiger partial charge >= 0.3 is 0 Å². The van der Waals surface area contributed by atoms with Crippen LogP contribution in [0.25, 0.3) is 17.3 Å². The molecule has 166 valence electrons. The molecular formula is C27H21N5O2. The summed E-state index contributed by atoms with van der Waals surface area (Å²) in [7, 11) is 1.55. The first-order chi connectivity index (χ1) is 16.6. The molecule has 0 aliphatic heterocycles. The number of aromatic nitrogens is 2. The quantitative estimate of drug-likeness (QED) is 0.400. The minimum Gasteiger partial charge on any atom is -0.493 e. The van der Waals surface area contributed by atoms with Crippen molar-refractivity contribution in [2.24, 2.45) is 0 Å². The summed E-state index contributed by atoms with van der Waals surface area (Å²) in [4.78, 5) is 0. The topological polar surface area (TPSA) is 110 Å². The number of nitrogen functional groups attached to an aromatic ring is 1. The summed E-state index contributed by atoms with van der Waals surface area (Å²) in [5.74, 6) is 1.28. The maximum atomic E-state index is 9.85. The molecule has 7 nitrogen and oxygen atoms in total. The third-order valence-corrected chi connectivity index (χ3v) is 5.15. The fourth-order valence-electron chi connectivity index (χ4n) is 3.44. The average Bonchev–Trinajstić information content (AvgIpc) is 3.23. The Kier molecular flexibility index (Phi) is 6.58. The molecule has 1 heterocycles. The zero-order valence-electron chi connectivity index (χ0n) is 18.5. The highest BCUT2D eigenvalue weighted by Gasteiger charge is 2.20. The molecule has 1 aromatic heterocycles. The highest BCUT2D eigenvalue weighted by Crippen LogP contribution is 2.32. The number of nitrogens with two attached hydrogens (primary N) is 1. The van der Waals surface area contributed by atoms with Crippen LogP contribution in [-0.4, -0.2) is 16.9 Å². The maximum Gasteiger partial charge on any atom is 0.161 e. The molecule has 4 rings (SSSR count). The predicted molar refractivity (Wildman–Crippen MR) is 130 cm³/mol. The Bertz CT molecular complexity index is 1410. The number of rotatable bonds is 7. The zero-order chi connectivity index (χ0) is 23.9. The molecule has 34 heavy (non-hydrogen) atoms. The lowest BCUT2D eigenvalue weighted by Gasteiger charge is -2.11. The van der Waals surface area contributed by atoms with Crippen LogP contribution < -0.4 is 15.2 Å². The fourth-order valence-corrected chi connectivity index (χ4v) is 3.44. The predicted octanol–water partition coefficient (Wildman–Crippen LogP) is 4.98. The molecule has 2 N–H and O–H groups in total. The van der Waals surface area contributed by atoms with Gasteiger partial charge < -0.3 is 15.2 Å². The lowest BCUT2D eigenvalue weighted by molar-refractivity contribution is 0.284. The normalized spacial score (nSPS) is 10.9. The van der Waals surface area contributed by atoms with Crippen LogP contribution in [0.15, 0.2) is 78.9 Å². The van der Waals surface area contributed by atoms with Crippen molar-refractivity contribution in [1.29, 1.82) is 10.5 Å². The van der Waals surface area contributed by atoms with Crippen molar-refractivity contribution in [3.63, 3.8) is 0 Å². The number of nitrogens with zero attached hydrogens (tertiary/aromatic N) is 4. The minimum atomic E-state index is 0.145. The van der Waals surface area contributed by atoms with Gasteiger partial charge in [0.05, 0.1) is 18.4 Å². The number of allylic oxidation sites excluding steroid dienone is 1. The smallest absolute Gasteiger partial charge is 0.161 e. The Balaban J connectivity index is 1.67. The largest absolute Gasteiger partial charge is 0.493 e. The number of hydrogen-bond acceptors (Lipinski definition) is 6. The molecular weight excluding hydrogens is 426 g/mol. The molecule has 0 bridgehead atoms. The van der Waals surface area contributed by atoms with E-state index >= 15 is 0 Å². The first-order valence-corrected chi connectivity index (χ1v) is 10.5. The van der Waals surface area contributed by atoms with Gasteiger partial charge in [0.15, 0.2) is 11.5 Å². The summed E-state index contributed by atoms with van der Waals surface area (Å²) in [6.45, 7) is 0.400. The number of para-hydroxylation sites is 1. The third kappa shape index (κ3) is 4.59. The Hall–Kier alpha value is -5.01. The molecule has 0 aliphatic rings. The van der Waals surface area contributed by atoms with Gasteiger partial charge in [0, 0.05) is 0 Å². The highest BCUT2D eigenvalue weighted by molar-refractivity contribution is 5.91. The highest BCUT2D eigenvalue weighted by atomic mass is 16.5. The number of methoxy groups -OCH3 is 1. The van der Waals surface area contributed by atoms with E-state index in [-0.39, 0.29) is 22.6 Å². The van der Waals surface area contributed by atoms with E-state index in [4.69, 9.17) is 15.2 Å². The second kappa shape index (κ2) is 10.1. The van der Waals surface area contributed by atoms with E-state index in [1.54, 1.807) is 25.3 Å².